The summed E-state index contributed by atoms with van der Waals surface area (Å²) in [5.41, 5.74) is 0.733. The zero-order chi connectivity index (χ0) is 12.5. The van der Waals surface area contributed by atoms with E-state index in [0.29, 0.717) is 11.9 Å². The van der Waals surface area contributed by atoms with Crippen LogP contribution in [0.5, 0.6) is 0 Å². The Morgan fingerprint density at radius 3 is 3.17 bits per heavy atom. The van der Waals surface area contributed by atoms with Gasteiger partial charge in [0.05, 0.1) is 11.6 Å². The number of H-pyrrole nitrogens is 1. The summed E-state index contributed by atoms with van der Waals surface area (Å²) in [6.45, 7) is 1.97. The SMILES string of the molecule is CNc1nc(N2CCC(CO)C2)c2cn[nH]c2n1. The lowest BCUT2D eigenvalue weighted by Crippen LogP contribution is -2.22. The number of aromatic amines is 1. The largest absolute Gasteiger partial charge is 0.396 e. The van der Waals surface area contributed by atoms with E-state index in [4.69, 9.17) is 0 Å². The van der Waals surface area contributed by atoms with Gasteiger partial charge in [-0.25, -0.2) is 0 Å². The highest BCUT2D eigenvalue weighted by atomic mass is 16.3. The molecule has 0 saturated carbocycles. The molecule has 96 valence electrons. The van der Waals surface area contributed by atoms with E-state index in [1.54, 1.807) is 13.2 Å². The Hall–Kier alpha value is -1.89. The van der Waals surface area contributed by atoms with Gasteiger partial charge in [0.15, 0.2) is 5.65 Å². The average molecular weight is 248 g/mol. The quantitative estimate of drug-likeness (QED) is 0.719. The normalized spacial score (nSPS) is 19.7. The van der Waals surface area contributed by atoms with Crippen molar-refractivity contribution in [2.24, 2.45) is 5.92 Å². The topological polar surface area (TPSA) is 90.0 Å². The first-order chi connectivity index (χ1) is 8.81. The van der Waals surface area contributed by atoms with Gasteiger partial charge in [0.25, 0.3) is 0 Å². The van der Waals surface area contributed by atoms with Crippen molar-refractivity contribution in [1.82, 2.24) is 20.2 Å². The maximum absolute atomic E-state index is 9.21. The Morgan fingerprint density at radius 1 is 1.56 bits per heavy atom. The molecule has 2 aromatic heterocycles. The summed E-state index contributed by atoms with van der Waals surface area (Å²) in [6.07, 6.45) is 2.74. The van der Waals surface area contributed by atoms with Gasteiger partial charge in [-0.1, -0.05) is 0 Å². The summed E-state index contributed by atoms with van der Waals surface area (Å²) < 4.78 is 0. The van der Waals surface area contributed by atoms with Crippen molar-refractivity contribution in [1.29, 1.82) is 0 Å². The van der Waals surface area contributed by atoms with Crippen molar-refractivity contribution in [3.63, 3.8) is 0 Å². The van der Waals surface area contributed by atoms with Crippen LogP contribution >= 0.6 is 0 Å². The average Bonchev–Trinajstić information content (AvgIpc) is 3.05. The smallest absolute Gasteiger partial charge is 0.226 e. The molecule has 0 amide bonds. The molecular formula is C11H16N6O. The van der Waals surface area contributed by atoms with Crippen molar-refractivity contribution in [2.45, 2.75) is 6.42 Å². The summed E-state index contributed by atoms with van der Waals surface area (Å²) in [6, 6.07) is 0. The highest BCUT2D eigenvalue weighted by Crippen LogP contribution is 2.28. The maximum atomic E-state index is 9.21. The van der Waals surface area contributed by atoms with E-state index in [2.05, 4.69) is 30.4 Å². The number of nitrogens with one attached hydrogen (secondary N) is 2. The van der Waals surface area contributed by atoms with Crippen molar-refractivity contribution in [2.75, 3.05) is 37.0 Å². The molecule has 0 aromatic carbocycles. The first kappa shape index (κ1) is 11.2. The number of aliphatic hydroxyl groups is 1. The Labute approximate surface area is 104 Å². The Bertz CT molecular complexity index is 553. The summed E-state index contributed by atoms with van der Waals surface area (Å²) in [5.74, 6) is 1.79. The molecule has 18 heavy (non-hydrogen) atoms. The van der Waals surface area contributed by atoms with Gasteiger partial charge in [-0.15, -0.1) is 0 Å². The Morgan fingerprint density at radius 2 is 2.44 bits per heavy atom. The molecule has 2 aromatic rings. The molecular weight excluding hydrogens is 232 g/mol. The molecule has 1 atom stereocenters. The predicted molar refractivity (Wildman–Crippen MR) is 68.6 cm³/mol. The van der Waals surface area contributed by atoms with Crippen molar-refractivity contribution >= 4 is 22.8 Å². The lowest BCUT2D eigenvalue weighted by atomic mass is 10.1. The van der Waals surface area contributed by atoms with E-state index in [1.807, 2.05) is 0 Å². The van der Waals surface area contributed by atoms with Gasteiger partial charge in [-0.05, 0) is 6.42 Å². The molecule has 0 bridgehead atoms. The van der Waals surface area contributed by atoms with E-state index in [9.17, 15) is 5.11 Å². The molecule has 0 radical (unpaired) electrons. The molecule has 0 aliphatic carbocycles. The lowest BCUT2D eigenvalue weighted by molar-refractivity contribution is 0.238. The van der Waals surface area contributed by atoms with Crippen LogP contribution in [-0.2, 0) is 0 Å². The third-order valence-electron chi connectivity index (χ3n) is 3.36. The molecule has 3 rings (SSSR count). The minimum absolute atomic E-state index is 0.231. The van der Waals surface area contributed by atoms with Crippen molar-refractivity contribution < 1.29 is 5.11 Å². The molecule has 7 heteroatoms. The van der Waals surface area contributed by atoms with Gasteiger partial charge in [0, 0.05) is 32.7 Å². The van der Waals surface area contributed by atoms with Crippen LogP contribution < -0.4 is 10.2 Å². The number of nitrogens with zero attached hydrogens (tertiary/aromatic N) is 4. The van der Waals surface area contributed by atoms with Crippen LogP contribution in [0.3, 0.4) is 0 Å². The van der Waals surface area contributed by atoms with Crippen LogP contribution in [0.1, 0.15) is 6.42 Å². The standard InChI is InChI=1S/C11H16N6O/c1-12-11-14-9-8(4-13-16-9)10(15-11)17-3-2-7(5-17)6-18/h4,7,18H,2-3,5-6H2,1H3,(H2,12,13,14,15,16). The predicted octanol–water partition coefficient (Wildman–Crippen LogP) is 0.213. The second-order valence-electron chi connectivity index (χ2n) is 4.54. The first-order valence-electron chi connectivity index (χ1n) is 6.06. The number of rotatable bonds is 3. The second-order valence-corrected chi connectivity index (χ2v) is 4.54. The summed E-state index contributed by atoms with van der Waals surface area (Å²) >= 11 is 0. The van der Waals surface area contributed by atoms with E-state index in [-0.39, 0.29) is 6.61 Å². The third-order valence-corrected chi connectivity index (χ3v) is 3.36. The third kappa shape index (κ3) is 1.76. The minimum atomic E-state index is 0.231. The number of aromatic nitrogens is 4. The van der Waals surface area contributed by atoms with Gasteiger partial charge in [0.1, 0.15) is 5.82 Å². The number of anilines is 2. The van der Waals surface area contributed by atoms with E-state index in [0.717, 1.165) is 36.4 Å². The van der Waals surface area contributed by atoms with Crippen LogP contribution in [0.4, 0.5) is 11.8 Å². The summed E-state index contributed by atoms with van der Waals surface area (Å²) in [4.78, 5) is 11.0. The van der Waals surface area contributed by atoms with Gasteiger partial charge >= 0.3 is 0 Å². The maximum Gasteiger partial charge on any atom is 0.226 e. The summed E-state index contributed by atoms with van der Waals surface area (Å²) in [5, 5.41) is 20.0. The second kappa shape index (κ2) is 4.41. The van der Waals surface area contributed by atoms with Gasteiger partial charge in [-0.2, -0.15) is 15.1 Å². The minimum Gasteiger partial charge on any atom is -0.396 e. The molecule has 1 unspecified atom stereocenters. The molecule has 1 aliphatic heterocycles. The molecule has 1 aliphatic rings. The Kier molecular flexibility index (Phi) is 2.75. The number of hydrogen-bond acceptors (Lipinski definition) is 6. The molecule has 3 heterocycles. The van der Waals surface area contributed by atoms with Crippen LogP contribution in [-0.4, -0.2) is 52.0 Å². The fraction of sp³-hybridized carbons (Fsp3) is 0.545. The molecule has 0 spiro atoms. The lowest BCUT2D eigenvalue weighted by Gasteiger charge is -2.18. The highest BCUT2D eigenvalue weighted by Gasteiger charge is 2.25. The van der Waals surface area contributed by atoms with E-state index in [1.165, 1.54) is 0 Å². The summed E-state index contributed by atoms with van der Waals surface area (Å²) in [7, 11) is 1.79. The van der Waals surface area contributed by atoms with Crippen LogP contribution in [0.25, 0.3) is 11.0 Å². The monoisotopic (exact) mass is 248 g/mol. The first-order valence-corrected chi connectivity index (χ1v) is 6.06. The molecule has 1 saturated heterocycles. The Balaban J connectivity index is 2.02. The van der Waals surface area contributed by atoms with Gasteiger partial charge < -0.3 is 15.3 Å². The molecule has 7 nitrogen and oxygen atoms in total. The highest BCUT2D eigenvalue weighted by molar-refractivity contribution is 5.87. The zero-order valence-corrected chi connectivity index (χ0v) is 10.2. The van der Waals surface area contributed by atoms with Gasteiger partial charge in [0.2, 0.25) is 5.95 Å². The van der Waals surface area contributed by atoms with Gasteiger partial charge in [-0.3, -0.25) is 5.10 Å². The van der Waals surface area contributed by atoms with E-state index < -0.39 is 0 Å². The molecule has 1 fully saturated rings. The van der Waals surface area contributed by atoms with Crippen molar-refractivity contribution in [3.8, 4) is 0 Å². The number of hydrogen-bond donors (Lipinski definition) is 3. The molecule has 3 N–H and O–H groups in total. The van der Waals surface area contributed by atoms with Crippen LogP contribution in [0, 0.1) is 5.92 Å². The van der Waals surface area contributed by atoms with Crippen LogP contribution in [0.15, 0.2) is 6.20 Å². The number of aliphatic hydroxyl groups excluding tert-OH is 1. The van der Waals surface area contributed by atoms with Crippen molar-refractivity contribution in [3.05, 3.63) is 6.20 Å². The zero-order valence-electron chi connectivity index (χ0n) is 10.2. The number of fused-ring (bicyclic) bond motifs is 1. The van der Waals surface area contributed by atoms with E-state index >= 15 is 0 Å². The van der Waals surface area contributed by atoms with Crippen LogP contribution in [0.2, 0.25) is 0 Å². The fourth-order valence-corrected chi connectivity index (χ4v) is 2.35. The fourth-order valence-electron chi connectivity index (χ4n) is 2.35.